The number of nitrogens with one attached hydrogen (secondary N) is 2. The Morgan fingerprint density at radius 1 is 1.13 bits per heavy atom. The van der Waals surface area contributed by atoms with Crippen LogP contribution in [0.1, 0.15) is 38.7 Å². The predicted molar refractivity (Wildman–Crippen MR) is 96.2 cm³/mol. The third-order valence-electron chi connectivity index (χ3n) is 3.25. The summed E-state index contributed by atoms with van der Waals surface area (Å²) in [6, 6.07) is 8.10. The molecule has 0 radical (unpaired) electrons. The number of guanidine groups is 1. The second kappa shape index (κ2) is 12.8. The van der Waals surface area contributed by atoms with Crippen molar-refractivity contribution in [2.75, 3.05) is 33.4 Å². The van der Waals surface area contributed by atoms with Crippen molar-refractivity contribution in [1.82, 2.24) is 10.6 Å². The van der Waals surface area contributed by atoms with Crippen LogP contribution in [0.4, 0.5) is 0 Å². The highest BCUT2D eigenvalue weighted by molar-refractivity contribution is 5.79. The van der Waals surface area contributed by atoms with Crippen LogP contribution in [0.2, 0.25) is 0 Å². The fourth-order valence-electron chi connectivity index (χ4n) is 2.02. The Hall–Kier alpha value is -1.75. The molecule has 0 saturated heterocycles. The SMILES string of the molecule is CCCCNC(=NCc1cccc(OCCCOC)c1)NCC. The van der Waals surface area contributed by atoms with E-state index in [-0.39, 0.29) is 0 Å². The molecule has 1 rings (SSSR count). The molecule has 1 aromatic carbocycles. The van der Waals surface area contributed by atoms with Gasteiger partial charge in [-0.3, -0.25) is 0 Å². The zero-order valence-electron chi connectivity index (χ0n) is 14.7. The van der Waals surface area contributed by atoms with Gasteiger partial charge in [-0.1, -0.05) is 25.5 Å². The lowest BCUT2D eigenvalue weighted by atomic mass is 10.2. The highest BCUT2D eigenvalue weighted by atomic mass is 16.5. The lowest BCUT2D eigenvalue weighted by Crippen LogP contribution is -2.37. The van der Waals surface area contributed by atoms with Crippen molar-refractivity contribution in [3.05, 3.63) is 29.8 Å². The number of ether oxygens (including phenoxy) is 2. The van der Waals surface area contributed by atoms with Crippen molar-refractivity contribution < 1.29 is 9.47 Å². The van der Waals surface area contributed by atoms with E-state index in [1.807, 2.05) is 18.2 Å². The smallest absolute Gasteiger partial charge is 0.191 e. The molecule has 0 amide bonds. The van der Waals surface area contributed by atoms with Crippen LogP contribution in [0.15, 0.2) is 29.3 Å². The Bertz CT molecular complexity index is 450. The summed E-state index contributed by atoms with van der Waals surface area (Å²) in [5.74, 6) is 1.75. The van der Waals surface area contributed by atoms with Crippen LogP contribution in [0.25, 0.3) is 0 Å². The summed E-state index contributed by atoms with van der Waals surface area (Å²) < 4.78 is 10.7. The Labute approximate surface area is 140 Å². The molecule has 1 aromatic rings. The summed E-state index contributed by atoms with van der Waals surface area (Å²) in [7, 11) is 1.70. The van der Waals surface area contributed by atoms with E-state index < -0.39 is 0 Å². The summed E-state index contributed by atoms with van der Waals surface area (Å²) in [6.07, 6.45) is 3.22. The van der Waals surface area contributed by atoms with Gasteiger partial charge < -0.3 is 20.1 Å². The molecule has 0 spiro atoms. The van der Waals surface area contributed by atoms with E-state index in [0.29, 0.717) is 13.2 Å². The number of unbranched alkanes of at least 4 members (excludes halogenated alkanes) is 1. The van der Waals surface area contributed by atoms with Crippen LogP contribution >= 0.6 is 0 Å². The first-order valence-corrected chi connectivity index (χ1v) is 8.53. The third kappa shape index (κ3) is 9.08. The minimum absolute atomic E-state index is 0.636. The molecule has 0 aliphatic carbocycles. The molecule has 130 valence electrons. The van der Waals surface area contributed by atoms with Crippen LogP contribution in [0.5, 0.6) is 5.75 Å². The number of nitrogens with zero attached hydrogens (tertiary/aromatic N) is 1. The van der Waals surface area contributed by atoms with Crippen LogP contribution in [-0.4, -0.2) is 39.4 Å². The normalized spacial score (nSPS) is 11.3. The van der Waals surface area contributed by atoms with Crippen molar-refractivity contribution in [2.24, 2.45) is 4.99 Å². The van der Waals surface area contributed by atoms with Crippen LogP contribution in [0, 0.1) is 0 Å². The van der Waals surface area contributed by atoms with E-state index in [2.05, 4.69) is 35.5 Å². The Morgan fingerprint density at radius 2 is 2.00 bits per heavy atom. The fourth-order valence-corrected chi connectivity index (χ4v) is 2.02. The van der Waals surface area contributed by atoms with Gasteiger partial charge in [-0.05, 0) is 31.0 Å². The van der Waals surface area contributed by atoms with Gasteiger partial charge in [0.1, 0.15) is 5.75 Å². The summed E-state index contributed by atoms with van der Waals surface area (Å²) in [6.45, 7) is 8.10. The van der Waals surface area contributed by atoms with Crippen molar-refractivity contribution in [2.45, 2.75) is 39.7 Å². The van der Waals surface area contributed by atoms with Gasteiger partial charge in [0.25, 0.3) is 0 Å². The summed E-state index contributed by atoms with van der Waals surface area (Å²) >= 11 is 0. The summed E-state index contributed by atoms with van der Waals surface area (Å²) in [5, 5.41) is 6.62. The zero-order valence-corrected chi connectivity index (χ0v) is 14.7. The molecule has 5 heteroatoms. The molecule has 0 fully saturated rings. The Morgan fingerprint density at radius 3 is 2.74 bits per heavy atom. The average Bonchev–Trinajstić information content (AvgIpc) is 2.57. The highest BCUT2D eigenvalue weighted by Gasteiger charge is 1.99. The maximum atomic E-state index is 5.72. The zero-order chi connectivity index (χ0) is 16.8. The second-order valence-corrected chi connectivity index (χ2v) is 5.32. The molecule has 0 unspecified atom stereocenters. The largest absolute Gasteiger partial charge is 0.493 e. The standard InChI is InChI=1S/C18H31N3O2/c1-4-6-11-20-18(19-5-2)21-15-16-9-7-10-17(14-16)23-13-8-12-22-3/h7,9-10,14H,4-6,8,11-13,15H2,1-3H3,(H2,19,20,21). The van der Waals surface area contributed by atoms with E-state index >= 15 is 0 Å². The summed E-state index contributed by atoms with van der Waals surface area (Å²) in [5.41, 5.74) is 1.14. The van der Waals surface area contributed by atoms with Crippen molar-refractivity contribution >= 4 is 5.96 Å². The predicted octanol–water partition coefficient (Wildman–Crippen LogP) is 2.96. The fraction of sp³-hybridized carbons (Fsp3) is 0.611. The number of methoxy groups -OCH3 is 1. The molecule has 0 bridgehead atoms. The molecule has 0 aliphatic rings. The third-order valence-corrected chi connectivity index (χ3v) is 3.25. The maximum Gasteiger partial charge on any atom is 0.191 e. The van der Waals surface area contributed by atoms with E-state index in [1.54, 1.807) is 7.11 Å². The van der Waals surface area contributed by atoms with Gasteiger partial charge in [0.15, 0.2) is 5.96 Å². The molecular formula is C18H31N3O2. The van der Waals surface area contributed by atoms with E-state index in [1.165, 1.54) is 6.42 Å². The minimum atomic E-state index is 0.636. The molecule has 5 nitrogen and oxygen atoms in total. The van der Waals surface area contributed by atoms with Crippen molar-refractivity contribution in [3.8, 4) is 5.75 Å². The molecule has 0 aliphatic heterocycles. The Kier molecular flexibility index (Phi) is 10.7. The summed E-state index contributed by atoms with van der Waals surface area (Å²) in [4.78, 5) is 4.63. The van der Waals surface area contributed by atoms with E-state index in [0.717, 1.165) is 49.8 Å². The number of hydrogen-bond donors (Lipinski definition) is 2. The molecule has 0 aromatic heterocycles. The average molecular weight is 321 g/mol. The molecule has 0 atom stereocenters. The maximum absolute atomic E-state index is 5.72. The van der Waals surface area contributed by atoms with Crippen molar-refractivity contribution in [1.29, 1.82) is 0 Å². The lowest BCUT2D eigenvalue weighted by molar-refractivity contribution is 0.172. The first-order valence-electron chi connectivity index (χ1n) is 8.53. The Balaban J connectivity index is 2.51. The van der Waals surface area contributed by atoms with E-state index in [9.17, 15) is 0 Å². The molecule has 0 saturated carbocycles. The van der Waals surface area contributed by atoms with Gasteiger partial charge in [0, 0.05) is 33.2 Å². The van der Waals surface area contributed by atoms with E-state index in [4.69, 9.17) is 9.47 Å². The minimum Gasteiger partial charge on any atom is -0.493 e. The van der Waals surface area contributed by atoms with Gasteiger partial charge in [0.05, 0.1) is 13.2 Å². The van der Waals surface area contributed by atoms with Gasteiger partial charge in [-0.15, -0.1) is 0 Å². The molecule has 0 heterocycles. The topological polar surface area (TPSA) is 54.9 Å². The number of benzene rings is 1. The first-order chi connectivity index (χ1) is 11.3. The monoisotopic (exact) mass is 321 g/mol. The number of hydrogen-bond acceptors (Lipinski definition) is 3. The van der Waals surface area contributed by atoms with Gasteiger partial charge in [0.2, 0.25) is 0 Å². The number of rotatable bonds is 11. The van der Waals surface area contributed by atoms with Crippen LogP contribution < -0.4 is 15.4 Å². The number of aliphatic imine (C=N–C) groups is 1. The lowest BCUT2D eigenvalue weighted by Gasteiger charge is -2.11. The van der Waals surface area contributed by atoms with Gasteiger partial charge in [-0.2, -0.15) is 0 Å². The quantitative estimate of drug-likeness (QED) is 0.374. The first kappa shape index (κ1) is 19.3. The van der Waals surface area contributed by atoms with Gasteiger partial charge in [-0.25, -0.2) is 4.99 Å². The second-order valence-electron chi connectivity index (χ2n) is 5.32. The van der Waals surface area contributed by atoms with Gasteiger partial charge >= 0.3 is 0 Å². The van der Waals surface area contributed by atoms with Crippen LogP contribution in [0.3, 0.4) is 0 Å². The highest BCUT2D eigenvalue weighted by Crippen LogP contribution is 2.14. The van der Waals surface area contributed by atoms with Crippen LogP contribution in [-0.2, 0) is 11.3 Å². The molecule has 2 N–H and O–H groups in total. The molecule has 23 heavy (non-hydrogen) atoms. The molecular weight excluding hydrogens is 290 g/mol. The van der Waals surface area contributed by atoms with Crippen molar-refractivity contribution in [3.63, 3.8) is 0 Å².